The predicted octanol–water partition coefficient (Wildman–Crippen LogP) is 9.48. The Morgan fingerprint density at radius 1 is 0.500 bits per heavy atom. The summed E-state index contributed by atoms with van der Waals surface area (Å²) in [6.07, 6.45) is 7.03. The second-order valence-corrected chi connectivity index (χ2v) is 22.4. The van der Waals surface area contributed by atoms with Crippen molar-refractivity contribution in [3.63, 3.8) is 0 Å². The Morgan fingerprint density at radius 2 is 0.891 bits per heavy atom. The van der Waals surface area contributed by atoms with Crippen LogP contribution in [0.25, 0.3) is 50.5 Å². The SMILES string of the molecule is C1COCCN1.Cc1cnc2ccc(-c3c(Cl)nc(N)n4nc(Cc5c(F)cccc5F)nc34)cn12.Cc1cnc2ccc(-c3c(N4CCOCC4)nc(N)n4nc(Cc5c(F)cccc5F)nc34)cn12.Nc1nc(Cl)c(Br)c2nc(Cc3c(F)cccc3F)nn12. The molecule has 0 atom stereocenters. The molecule has 0 saturated carbocycles. The van der Waals surface area contributed by atoms with E-state index in [2.05, 4.69) is 81.3 Å². The average Bonchev–Trinajstić information content (AvgIpc) is 1.56. The van der Waals surface area contributed by atoms with Crippen LogP contribution in [0.1, 0.15) is 45.6 Å². The molecule has 2 aliphatic heterocycles. The van der Waals surface area contributed by atoms with E-state index >= 15 is 0 Å². The lowest BCUT2D eigenvalue weighted by molar-refractivity contribution is 0.109. The first kappa shape index (κ1) is 62.6. The molecule has 7 N–H and O–H groups in total. The number of aryl methyl sites for hydroxylation is 2. The van der Waals surface area contributed by atoms with Gasteiger partial charge in [0.05, 0.1) is 42.0 Å². The van der Waals surface area contributed by atoms with Crippen molar-refractivity contribution in [2.24, 2.45) is 0 Å². The highest BCUT2D eigenvalue weighted by molar-refractivity contribution is 9.10. The highest BCUT2D eigenvalue weighted by Gasteiger charge is 2.27. The van der Waals surface area contributed by atoms with E-state index in [1.54, 1.807) is 12.4 Å². The summed E-state index contributed by atoms with van der Waals surface area (Å²) in [7, 11) is 0. The van der Waals surface area contributed by atoms with Crippen LogP contribution in [0.3, 0.4) is 0 Å². The van der Waals surface area contributed by atoms with Gasteiger partial charge in [0.2, 0.25) is 17.8 Å². The number of hydrogen-bond acceptors (Lipinski definition) is 18. The van der Waals surface area contributed by atoms with Crippen LogP contribution in [0.15, 0.2) is 108 Å². The number of pyridine rings is 2. The van der Waals surface area contributed by atoms with Gasteiger partial charge >= 0.3 is 0 Å². The third-order valence-corrected chi connectivity index (χ3v) is 16.3. The highest BCUT2D eigenvalue weighted by atomic mass is 79.9. The fourth-order valence-electron chi connectivity index (χ4n) is 10.2. The molecule has 12 heterocycles. The van der Waals surface area contributed by atoms with Crippen molar-refractivity contribution >= 4 is 91.0 Å². The van der Waals surface area contributed by atoms with Crippen molar-refractivity contribution in [2.75, 3.05) is 74.7 Å². The molecular formula is C60H52BrCl2F6N21O2. The van der Waals surface area contributed by atoms with Crippen LogP contribution in [-0.2, 0) is 28.7 Å². The second-order valence-electron chi connectivity index (χ2n) is 20.9. The van der Waals surface area contributed by atoms with Gasteiger partial charge in [-0.05, 0) is 90.4 Å². The van der Waals surface area contributed by atoms with Gasteiger partial charge in [0.25, 0.3) is 0 Å². The zero-order chi connectivity index (χ0) is 64.5. The summed E-state index contributed by atoms with van der Waals surface area (Å²) < 4.78 is 103. The molecule has 13 aromatic rings. The minimum atomic E-state index is -0.667. The maximum atomic E-state index is 14.3. The first-order valence-electron chi connectivity index (χ1n) is 28.3. The van der Waals surface area contributed by atoms with E-state index in [1.807, 2.05) is 59.3 Å². The molecule has 3 aromatic carbocycles. The van der Waals surface area contributed by atoms with Crippen molar-refractivity contribution in [2.45, 2.75) is 33.1 Å². The Kier molecular flexibility index (Phi) is 18.2. The number of benzene rings is 3. The van der Waals surface area contributed by atoms with Gasteiger partial charge in [0.15, 0.2) is 39.6 Å². The fourth-order valence-corrected chi connectivity index (χ4v) is 11.0. The third-order valence-electron chi connectivity index (χ3n) is 14.8. The molecule has 92 heavy (non-hydrogen) atoms. The molecule has 2 saturated heterocycles. The number of imidazole rings is 2. The lowest BCUT2D eigenvalue weighted by atomic mass is 10.1. The second kappa shape index (κ2) is 26.7. The molecule has 472 valence electrons. The van der Waals surface area contributed by atoms with Gasteiger partial charge in [-0.1, -0.05) is 41.4 Å². The lowest BCUT2D eigenvalue weighted by Crippen LogP contribution is -2.37. The number of aromatic nitrogens is 16. The summed E-state index contributed by atoms with van der Waals surface area (Å²) in [6.45, 7) is 10.2. The van der Waals surface area contributed by atoms with Crippen molar-refractivity contribution < 1.29 is 35.8 Å². The minimum absolute atomic E-state index is 0.0198. The highest BCUT2D eigenvalue weighted by Crippen LogP contribution is 2.37. The van der Waals surface area contributed by atoms with Crippen molar-refractivity contribution in [3.8, 4) is 22.3 Å². The van der Waals surface area contributed by atoms with Crippen LogP contribution in [0.2, 0.25) is 10.3 Å². The predicted molar refractivity (Wildman–Crippen MR) is 335 cm³/mol. The average molecular weight is 1360 g/mol. The molecule has 23 nitrogen and oxygen atoms in total. The van der Waals surface area contributed by atoms with Gasteiger partial charge in [0.1, 0.15) is 57.2 Å². The number of fused-ring (bicyclic) bond motifs is 5. The number of hydrogen-bond donors (Lipinski definition) is 4. The van der Waals surface area contributed by atoms with Crippen molar-refractivity contribution in [1.82, 2.24) is 82.8 Å². The lowest BCUT2D eigenvalue weighted by Gasteiger charge is -2.29. The molecule has 32 heteroatoms. The Morgan fingerprint density at radius 3 is 1.33 bits per heavy atom. The van der Waals surface area contributed by atoms with Crippen molar-refractivity contribution in [1.29, 1.82) is 0 Å². The van der Waals surface area contributed by atoms with Crippen LogP contribution < -0.4 is 27.4 Å². The summed E-state index contributed by atoms with van der Waals surface area (Å²) >= 11 is 15.5. The number of morpholine rings is 2. The van der Waals surface area contributed by atoms with E-state index in [-0.39, 0.29) is 81.6 Å². The van der Waals surface area contributed by atoms with Crippen LogP contribution in [0.4, 0.5) is 50.0 Å². The molecule has 2 fully saturated rings. The topological polar surface area (TPSA) is 276 Å². The third kappa shape index (κ3) is 12.9. The summed E-state index contributed by atoms with van der Waals surface area (Å²) in [4.78, 5) is 36.9. The molecule has 0 bridgehead atoms. The summed E-state index contributed by atoms with van der Waals surface area (Å²) in [5.41, 5.74) is 25.1. The quantitative estimate of drug-likeness (QED) is 0.0773. The van der Waals surface area contributed by atoms with E-state index in [0.29, 0.717) is 59.1 Å². The zero-order valence-corrected chi connectivity index (χ0v) is 51.7. The number of nitrogens with one attached hydrogen (secondary N) is 1. The van der Waals surface area contributed by atoms with Gasteiger partial charge in [-0.25, -0.2) is 56.2 Å². The largest absolute Gasteiger partial charge is 0.379 e. The van der Waals surface area contributed by atoms with E-state index in [4.69, 9.17) is 49.9 Å². The zero-order valence-electron chi connectivity index (χ0n) is 48.6. The number of anilines is 4. The monoisotopic (exact) mass is 1360 g/mol. The standard InChI is InChI=1S/C24H22F2N8O.C20H14ClF2N7.C12H7BrClF2N5.C4H9NO/c1-14-12-28-20-6-5-15(13-33(14)20)21-22(32-7-9-35-10-8-32)30-24(27)34-23(21)29-19(31-34)11-16-17(25)3-2-4-18(16)26;1-10-8-25-16-6-5-11(9-29(10)16)17-18(21)27-20(24)30-19(17)26-15(28-30)7-12-13(22)3-2-4-14(12)23;13-9-10(14)19-12(17)21-11(9)18-8(20-21)4-5-6(15)2-1-3-7(5)16;1-3-6-4-2-5-1/h2-6,12-13H,7-11H2,1H3,(H2,27,30);2-6,8-9H,7H2,1H3,(H2,24,27);1-3H,4H2,(H2,17,19);5H,1-4H2. The number of halogens is 9. The molecule has 10 aromatic heterocycles. The molecule has 15 rings (SSSR count). The summed E-state index contributed by atoms with van der Waals surface area (Å²) in [5.74, 6) is -2.46. The number of nitrogens with two attached hydrogens (primary N) is 3. The van der Waals surface area contributed by atoms with E-state index in [1.165, 1.54) is 68.1 Å². The molecular weight excluding hydrogens is 1310 g/mol. The van der Waals surface area contributed by atoms with E-state index in [0.717, 1.165) is 65.7 Å². The van der Waals surface area contributed by atoms with E-state index in [9.17, 15) is 26.3 Å². The summed E-state index contributed by atoms with van der Waals surface area (Å²) in [5, 5.41) is 16.3. The Hall–Kier alpha value is -9.59. The molecule has 0 aliphatic carbocycles. The van der Waals surface area contributed by atoms with Gasteiger partial charge in [-0.2, -0.15) is 23.5 Å². The van der Waals surface area contributed by atoms with Crippen LogP contribution >= 0.6 is 39.1 Å². The Labute approximate surface area is 536 Å². The van der Waals surface area contributed by atoms with Gasteiger partial charge in [0, 0.05) is 109 Å². The molecule has 2 aliphatic rings. The van der Waals surface area contributed by atoms with Crippen LogP contribution in [-0.4, -0.2) is 130 Å². The smallest absolute Gasteiger partial charge is 0.225 e. The van der Waals surface area contributed by atoms with Gasteiger partial charge in [-0.3, -0.25) is 0 Å². The Balaban J connectivity index is 0.000000130. The maximum absolute atomic E-state index is 14.3. The number of ether oxygens (including phenoxy) is 2. The molecule has 0 spiro atoms. The van der Waals surface area contributed by atoms with E-state index < -0.39 is 34.9 Å². The molecule has 0 unspecified atom stereocenters. The first-order chi connectivity index (χ1) is 44.4. The normalized spacial score (nSPS) is 13.4. The minimum Gasteiger partial charge on any atom is -0.379 e. The molecule has 0 amide bonds. The maximum Gasteiger partial charge on any atom is 0.225 e. The number of nitrogen functional groups attached to an aromatic ring is 3. The summed E-state index contributed by atoms with van der Waals surface area (Å²) in [6, 6.07) is 18.6. The van der Waals surface area contributed by atoms with Gasteiger partial charge < -0.3 is 45.7 Å². The van der Waals surface area contributed by atoms with Gasteiger partial charge in [-0.15, -0.1) is 15.3 Å². The fraction of sp³-hybridized carbons (Fsp3) is 0.217. The van der Waals surface area contributed by atoms with Crippen molar-refractivity contribution in [3.05, 3.63) is 199 Å². The number of rotatable bonds is 9. The Bertz CT molecular complexity index is 4850. The molecule has 0 radical (unpaired) electrons. The van der Waals surface area contributed by atoms with Crippen LogP contribution in [0.5, 0.6) is 0 Å². The van der Waals surface area contributed by atoms with Crippen LogP contribution in [0, 0.1) is 48.8 Å². The first-order valence-corrected chi connectivity index (χ1v) is 29.8. The number of nitrogens with zero attached hydrogens (tertiary/aromatic N) is 17.